The van der Waals surface area contributed by atoms with E-state index in [0.717, 1.165) is 0 Å². The number of rotatable bonds is 9. The van der Waals surface area contributed by atoms with Gasteiger partial charge < -0.3 is 29.3 Å². The Morgan fingerprint density at radius 1 is 1.23 bits per heavy atom. The van der Waals surface area contributed by atoms with Gasteiger partial charge in [0, 0.05) is 6.54 Å². The van der Waals surface area contributed by atoms with Crippen molar-refractivity contribution in [2.45, 2.75) is 20.1 Å². The summed E-state index contributed by atoms with van der Waals surface area (Å²) in [7, 11) is 1.31. The van der Waals surface area contributed by atoms with Gasteiger partial charge in [-0.2, -0.15) is 4.68 Å². The normalized spacial score (nSPS) is 10.5. The third-order valence-corrected chi connectivity index (χ3v) is 4.31. The van der Waals surface area contributed by atoms with Crippen molar-refractivity contribution >= 4 is 17.7 Å². The molecule has 0 unspecified atom stereocenters. The molecule has 2 aromatic heterocycles. The van der Waals surface area contributed by atoms with Crippen LogP contribution in [0.5, 0.6) is 5.75 Å². The quantitative estimate of drug-likeness (QED) is 0.312. The fourth-order valence-corrected chi connectivity index (χ4v) is 2.71. The second-order valence-electron chi connectivity index (χ2n) is 6.45. The highest BCUT2D eigenvalue weighted by Crippen LogP contribution is 2.16. The number of amides is 1. The average molecular weight is 428 g/mol. The van der Waals surface area contributed by atoms with Crippen LogP contribution in [0.15, 0.2) is 46.9 Å². The van der Waals surface area contributed by atoms with Gasteiger partial charge in [0.15, 0.2) is 5.76 Å². The number of aryl methyl sites for hydroxylation is 1. The minimum atomic E-state index is -0.567. The first kappa shape index (κ1) is 21.6. The standard InChI is InChI=1S/C20H20N4O7/c1-13-11-18(24(27)28)22-23(13)10-9-21-19(25)17-8-7-16(31-17)12-30-15-5-3-14(4-6-15)20(26)29-2/h3-8,11H,9-10,12H2,1-2H3,(H,21,25). The van der Waals surface area contributed by atoms with Gasteiger partial charge in [0.25, 0.3) is 5.91 Å². The molecule has 2 heterocycles. The maximum atomic E-state index is 12.2. The molecule has 0 aliphatic heterocycles. The molecular weight excluding hydrogens is 408 g/mol. The van der Waals surface area contributed by atoms with Crippen LogP contribution in [-0.2, 0) is 17.9 Å². The second kappa shape index (κ2) is 9.57. The number of nitrogens with one attached hydrogen (secondary N) is 1. The lowest BCUT2D eigenvalue weighted by Gasteiger charge is -2.05. The number of furan rings is 1. The summed E-state index contributed by atoms with van der Waals surface area (Å²) in [6, 6.07) is 10.9. The highest BCUT2D eigenvalue weighted by atomic mass is 16.6. The summed E-state index contributed by atoms with van der Waals surface area (Å²) >= 11 is 0. The second-order valence-corrected chi connectivity index (χ2v) is 6.45. The van der Waals surface area contributed by atoms with Crippen LogP contribution in [0, 0.1) is 17.0 Å². The molecule has 0 spiro atoms. The van der Waals surface area contributed by atoms with Gasteiger partial charge in [-0.3, -0.25) is 4.79 Å². The van der Waals surface area contributed by atoms with Crippen LogP contribution in [0.3, 0.4) is 0 Å². The molecule has 0 atom stereocenters. The van der Waals surface area contributed by atoms with Crippen LogP contribution < -0.4 is 10.1 Å². The summed E-state index contributed by atoms with van der Waals surface area (Å²) in [4.78, 5) is 33.8. The van der Waals surface area contributed by atoms with Crippen LogP contribution in [0.2, 0.25) is 0 Å². The van der Waals surface area contributed by atoms with Gasteiger partial charge in [0.2, 0.25) is 0 Å². The van der Waals surface area contributed by atoms with E-state index in [1.54, 1.807) is 37.3 Å². The molecule has 3 aromatic rings. The number of ether oxygens (including phenoxy) is 2. The molecule has 0 radical (unpaired) electrons. The van der Waals surface area contributed by atoms with E-state index < -0.39 is 16.8 Å². The largest absolute Gasteiger partial charge is 0.486 e. The number of carbonyl (C=O) groups excluding carboxylic acids is 2. The van der Waals surface area contributed by atoms with Gasteiger partial charge in [-0.15, -0.1) is 0 Å². The summed E-state index contributed by atoms with van der Waals surface area (Å²) in [5.41, 5.74) is 1.03. The molecule has 0 bridgehead atoms. The number of benzene rings is 1. The number of esters is 1. The van der Waals surface area contributed by atoms with Gasteiger partial charge in [0.1, 0.15) is 18.1 Å². The van der Waals surface area contributed by atoms with E-state index in [9.17, 15) is 19.7 Å². The number of hydrogen-bond donors (Lipinski definition) is 1. The highest BCUT2D eigenvalue weighted by Gasteiger charge is 2.16. The molecule has 0 saturated heterocycles. The van der Waals surface area contributed by atoms with E-state index in [0.29, 0.717) is 22.8 Å². The molecule has 0 fully saturated rings. The molecule has 0 saturated carbocycles. The molecule has 31 heavy (non-hydrogen) atoms. The van der Waals surface area contributed by atoms with Crippen LogP contribution in [0.1, 0.15) is 32.4 Å². The number of methoxy groups -OCH3 is 1. The first-order chi connectivity index (χ1) is 14.9. The van der Waals surface area contributed by atoms with Crippen LogP contribution in [0.25, 0.3) is 0 Å². The van der Waals surface area contributed by atoms with E-state index in [2.05, 4.69) is 15.2 Å². The number of nitrogens with zero attached hydrogens (tertiary/aromatic N) is 3. The van der Waals surface area contributed by atoms with Crippen molar-refractivity contribution < 1.29 is 28.4 Å². The van der Waals surface area contributed by atoms with Gasteiger partial charge in [-0.1, -0.05) is 0 Å². The Kier molecular flexibility index (Phi) is 6.65. The molecule has 162 valence electrons. The van der Waals surface area contributed by atoms with Crippen LogP contribution in [-0.4, -0.2) is 40.2 Å². The molecule has 1 aromatic carbocycles. The summed E-state index contributed by atoms with van der Waals surface area (Å²) < 4.78 is 17.2. The summed E-state index contributed by atoms with van der Waals surface area (Å²) in [5.74, 6) is -0.0103. The number of aromatic nitrogens is 2. The molecule has 11 heteroatoms. The van der Waals surface area contributed by atoms with Gasteiger partial charge in [-0.05, 0) is 48.2 Å². The predicted octanol–water partition coefficient (Wildman–Crippen LogP) is 2.49. The topological polar surface area (TPSA) is 139 Å². The number of nitro groups is 1. The third kappa shape index (κ3) is 5.47. The fourth-order valence-electron chi connectivity index (χ4n) is 2.71. The zero-order valence-electron chi connectivity index (χ0n) is 16.9. The molecule has 1 amide bonds. The van der Waals surface area contributed by atoms with Gasteiger partial charge >= 0.3 is 11.8 Å². The van der Waals surface area contributed by atoms with E-state index in [1.165, 1.54) is 23.9 Å². The Balaban J connectivity index is 1.48. The van der Waals surface area contributed by atoms with E-state index in [-0.39, 0.29) is 31.3 Å². The van der Waals surface area contributed by atoms with Crippen LogP contribution >= 0.6 is 0 Å². The van der Waals surface area contributed by atoms with Crippen LogP contribution in [0.4, 0.5) is 5.82 Å². The van der Waals surface area contributed by atoms with Crippen molar-refractivity contribution in [1.82, 2.24) is 15.1 Å². The Bertz CT molecular complexity index is 1090. The predicted molar refractivity (Wildman–Crippen MR) is 107 cm³/mol. The summed E-state index contributed by atoms with van der Waals surface area (Å²) in [5, 5.41) is 17.3. The van der Waals surface area contributed by atoms with Gasteiger partial charge in [0.05, 0.1) is 36.1 Å². The lowest BCUT2D eigenvalue weighted by Crippen LogP contribution is -2.27. The first-order valence-corrected chi connectivity index (χ1v) is 9.24. The third-order valence-electron chi connectivity index (χ3n) is 4.31. The molecule has 3 rings (SSSR count). The molecule has 0 aliphatic rings. The maximum absolute atomic E-state index is 12.2. The minimum Gasteiger partial charge on any atom is -0.486 e. The Labute approximate surface area is 176 Å². The van der Waals surface area contributed by atoms with Crippen molar-refractivity contribution in [3.63, 3.8) is 0 Å². The average Bonchev–Trinajstić information content (AvgIpc) is 3.39. The number of carbonyl (C=O) groups is 2. The molecule has 1 N–H and O–H groups in total. The molecule has 0 aliphatic carbocycles. The maximum Gasteiger partial charge on any atom is 0.390 e. The van der Waals surface area contributed by atoms with Crippen molar-refractivity contribution in [3.8, 4) is 5.75 Å². The van der Waals surface area contributed by atoms with Crippen molar-refractivity contribution in [1.29, 1.82) is 0 Å². The van der Waals surface area contributed by atoms with Gasteiger partial charge in [-0.25, -0.2) is 4.79 Å². The summed E-state index contributed by atoms with van der Waals surface area (Å²) in [6.07, 6.45) is 0. The Morgan fingerprint density at radius 3 is 2.61 bits per heavy atom. The molecular formula is C20H20N4O7. The van der Waals surface area contributed by atoms with Crippen molar-refractivity contribution in [2.24, 2.45) is 0 Å². The smallest absolute Gasteiger partial charge is 0.390 e. The van der Waals surface area contributed by atoms with Crippen molar-refractivity contribution in [2.75, 3.05) is 13.7 Å². The molecule has 11 nitrogen and oxygen atoms in total. The fraction of sp³-hybridized carbons (Fsp3) is 0.250. The highest BCUT2D eigenvalue weighted by molar-refractivity contribution is 5.91. The SMILES string of the molecule is COC(=O)c1ccc(OCc2ccc(C(=O)NCCn3nc([N+](=O)[O-])cc3C)o2)cc1. The minimum absolute atomic E-state index is 0.0982. The monoisotopic (exact) mass is 428 g/mol. The van der Waals surface area contributed by atoms with E-state index in [4.69, 9.17) is 9.15 Å². The first-order valence-electron chi connectivity index (χ1n) is 9.24. The summed E-state index contributed by atoms with van der Waals surface area (Å²) in [6.45, 7) is 2.30. The Morgan fingerprint density at radius 2 is 1.97 bits per heavy atom. The zero-order chi connectivity index (χ0) is 22.4. The lowest BCUT2D eigenvalue weighted by molar-refractivity contribution is -0.389. The number of hydrogen-bond acceptors (Lipinski definition) is 8. The van der Waals surface area contributed by atoms with E-state index >= 15 is 0 Å². The van der Waals surface area contributed by atoms with E-state index in [1.807, 2.05) is 0 Å². The lowest BCUT2D eigenvalue weighted by atomic mass is 10.2. The Hall–Kier alpha value is -4.15. The zero-order valence-corrected chi connectivity index (χ0v) is 16.9. The van der Waals surface area contributed by atoms with Crippen molar-refractivity contribution in [3.05, 3.63) is 75.4 Å².